The summed E-state index contributed by atoms with van der Waals surface area (Å²) in [4.78, 5) is 35.1. The summed E-state index contributed by atoms with van der Waals surface area (Å²) < 4.78 is 5.84. The Labute approximate surface area is 160 Å². The van der Waals surface area contributed by atoms with Crippen molar-refractivity contribution in [3.05, 3.63) is 53.2 Å². The Morgan fingerprint density at radius 3 is 2.96 bits per heavy atom. The third-order valence-electron chi connectivity index (χ3n) is 4.48. The molecule has 1 N–H and O–H groups in total. The van der Waals surface area contributed by atoms with Gasteiger partial charge in [-0.3, -0.25) is 14.9 Å². The van der Waals surface area contributed by atoms with E-state index in [0.717, 1.165) is 5.39 Å². The van der Waals surface area contributed by atoms with Crippen molar-refractivity contribution < 1.29 is 14.3 Å². The highest BCUT2D eigenvalue weighted by Crippen LogP contribution is 2.27. The maximum atomic E-state index is 12.9. The first kappa shape index (κ1) is 17.6. The number of para-hydroxylation sites is 1. The first-order valence-corrected chi connectivity index (χ1v) is 9.47. The van der Waals surface area contributed by atoms with Crippen molar-refractivity contribution in [3.63, 3.8) is 0 Å². The molecule has 0 radical (unpaired) electrons. The molecular weight excluding hydrogens is 364 g/mol. The van der Waals surface area contributed by atoms with Crippen molar-refractivity contribution in [2.45, 2.75) is 13.0 Å². The minimum absolute atomic E-state index is 0.00539. The van der Waals surface area contributed by atoms with Crippen LogP contribution in [0.4, 0.5) is 5.13 Å². The third-order valence-corrected chi connectivity index (χ3v) is 5.16. The zero-order valence-corrected chi connectivity index (χ0v) is 15.5. The smallest absolute Gasteiger partial charge is 0.258 e. The van der Waals surface area contributed by atoms with Crippen molar-refractivity contribution >= 4 is 39.2 Å². The molecule has 138 valence electrons. The monoisotopic (exact) mass is 382 g/mol. The number of morpholine rings is 1. The van der Waals surface area contributed by atoms with Crippen LogP contribution in [0.15, 0.2) is 41.9 Å². The Hall–Kier alpha value is -2.84. The molecule has 0 aliphatic carbocycles. The van der Waals surface area contributed by atoms with Gasteiger partial charge in [-0.2, -0.15) is 0 Å². The van der Waals surface area contributed by atoms with Crippen LogP contribution in [-0.2, 0) is 9.53 Å². The average Bonchev–Trinajstić information content (AvgIpc) is 3.20. The van der Waals surface area contributed by atoms with Crippen LogP contribution in [0.2, 0.25) is 0 Å². The number of thiazole rings is 1. The second kappa shape index (κ2) is 7.42. The molecule has 0 spiro atoms. The number of carbonyl (C=O) groups excluding carboxylic acids is 2. The molecule has 3 heterocycles. The second-order valence-corrected chi connectivity index (χ2v) is 7.12. The van der Waals surface area contributed by atoms with E-state index in [1.165, 1.54) is 11.3 Å². The fourth-order valence-electron chi connectivity index (χ4n) is 3.11. The first-order valence-electron chi connectivity index (χ1n) is 8.59. The van der Waals surface area contributed by atoms with Gasteiger partial charge in [0.25, 0.3) is 5.91 Å². The first-order chi connectivity index (χ1) is 13.1. The number of carbonyl (C=O) groups is 2. The standard InChI is InChI=1S/C19H18N4O3S/c1-12(24)23-7-8-26-17(11-23)16-10-14(13-4-2-3-5-15(13)21-16)18(25)22-19-20-6-9-27-19/h2-6,9-10,17H,7-8,11H2,1H3,(H,20,22,25)/t17-/m1/s1. The van der Waals surface area contributed by atoms with Gasteiger partial charge >= 0.3 is 0 Å². The van der Waals surface area contributed by atoms with Crippen LogP contribution >= 0.6 is 11.3 Å². The van der Waals surface area contributed by atoms with E-state index in [0.29, 0.717) is 41.6 Å². The van der Waals surface area contributed by atoms with Gasteiger partial charge in [0.05, 0.1) is 29.9 Å². The van der Waals surface area contributed by atoms with Gasteiger partial charge in [0, 0.05) is 30.4 Å². The molecule has 1 fully saturated rings. The number of anilines is 1. The van der Waals surface area contributed by atoms with E-state index in [1.807, 2.05) is 24.3 Å². The predicted octanol–water partition coefficient (Wildman–Crippen LogP) is 2.86. The van der Waals surface area contributed by atoms with Gasteiger partial charge in [-0.15, -0.1) is 11.3 Å². The largest absolute Gasteiger partial charge is 0.368 e. The zero-order chi connectivity index (χ0) is 18.8. The van der Waals surface area contributed by atoms with Crippen LogP contribution in [0.5, 0.6) is 0 Å². The van der Waals surface area contributed by atoms with Crippen LogP contribution in [0.25, 0.3) is 10.9 Å². The van der Waals surface area contributed by atoms with E-state index in [9.17, 15) is 9.59 Å². The van der Waals surface area contributed by atoms with Crippen molar-refractivity contribution in [1.29, 1.82) is 0 Å². The predicted molar refractivity (Wildman–Crippen MR) is 103 cm³/mol. The molecule has 3 aromatic rings. The number of hydrogen-bond acceptors (Lipinski definition) is 6. The fourth-order valence-corrected chi connectivity index (χ4v) is 3.64. The summed E-state index contributed by atoms with van der Waals surface area (Å²) >= 11 is 1.36. The van der Waals surface area contributed by atoms with E-state index in [-0.39, 0.29) is 17.9 Å². The van der Waals surface area contributed by atoms with Gasteiger partial charge in [0.1, 0.15) is 6.10 Å². The number of hydrogen-bond donors (Lipinski definition) is 1. The Kier molecular flexibility index (Phi) is 4.83. The maximum Gasteiger partial charge on any atom is 0.258 e. The van der Waals surface area contributed by atoms with Gasteiger partial charge in [-0.1, -0.05) is 18.2 Å². The molecule has 0 saturated carbocycles. The number of ether oxygens (including phenoxy) is 1. The summed E-state index contributed by atoms with van der Waals surface area (Å²) in [6.45, 7) is 2.98. The van der Waals surface area contributed by atoms with Gasteiger partial charge in [0.15, 0.2) is 5.13 Å². The minimum Gasteiger partial charge on any atom is -0.368 e. The van der Waals surface area contributed by atoms with Crippen LogP contribution in [0, 0.1) is 0 Å². The molecular formula is C19H18N4O3S. The Balaban J connectivity index is 1.72. The molecule has 7 nitrogen and oxygen atoms in total. The number of aromatic nitrogens is 2. The lowest BCUT2D eigenvalue weighted by Crippen LogP contribution is -2.41. The summed E-state index contributed by atoms with van der Waals surface area (Å²) in [5.41, 5.74) is 1.86. The number of rotatable bonds is 3. The summed E-state index contributed by atoms with van der Waals surface area (Å²) in [7, 11) is 0. The second-order valence-electron chi connectivity index (χ2n) is 6.23. The number of nitrogens with one attached hydrogen (secondary N) is 1. The molecule has 0 bridgehead atoms. The molecule has 8 heteroatoms. The van der Waals surface area contributed by atoms with Gasteiger partial charge < -0.3 is 9.64 Å². The van der Waals surface area contributed by atoms with E-state index in [2.05, 4.69) is 15.3 Å². The van der Waals surface area contributed by atoms with Crippen LogP contribution < -0.4 is 5.32 Å². The lowest BCUT2D eigenvalue weighted by Gasteiger charge is -2.32. The van der Waals surface area contributed by atoms with E-state index in [4.69, 9.17) is 4.74 Å². The Morgan fingerprint density at radius 1 is 1.33 bits per heavy atom. The number of benzene rings is 1. The lowest BCUT2D eigenvalue weighted by molar-refractivity contribution is -0.136. The molecule has 1 aliphatic rings. The molecule has 27 heavy (non-hydrogen) atoms. The Bertz CT molecular complexity index is 990. The van der Waals surface area contributed by atoms with Crippen molar-refractivity contribution in [2.24, 2.45) is 0 Å². The highest BCUT2D eigenvalue weighted by atomic mass is 32.1. The number of amides is 2. The summed E-state index contributed by atoms with van der Waals surface area (Å²) in [6, 6.07) is 9.24. The number of pyridine rings is 1. The van der Waals surface area contributed by atoms with Gasteiger partial charge in [-0.25, -0.2) is 9.97 Å². The van der Waals surface area contributed by atoms with Gasteiger partial charge in [-0.05, 0) is 12.1 Å². The SMILES string of the molecule is CC(=O)N1CCO[C@@H](c2cc(C(=O)Nc3nccs3)c3ccccc3n2)C1. The maximum absolute atomic E-state index is 12.9. The molecule has 2 amide bonds. The van der Waals surface area contributed by atoms with Crippen LogP contribution in [0.1, 0.15) is 29.1 Å². The molecule has 4 rings (SSSR count). The van der Waals surface area contributed by atoms with Crippen molar-refractivity contribution in [1.82, 2.24) is 14.9 Å². The van der Waals surface area contributed by atoms with E-state index in [1.54, 1.807) is 29.5 Å². The molecule has 2 aromatic heterocycles. The summed E-state index contributed by atoms with van der Waals surface area (Å²) in [5, 5.41) is 5.93. The fraction of sp³-hybridized carbons (Fsp3) is 0.263. The molecule has 0 unspecified atom stereocenters. The highest BCUT2D eigenvalue weighted by Gasteiger charge is 2.26. The van der Waals surface area contributed by atoms with Crippen LogP contribution in [0.3, 0.4) is 0 Å². The van der Waals surface area contributed by atoms with E-state index < -0.39 is 0 Å². The lowest BCUT2D eigenvalue weighted by atomic mass is 10.0. The molecule has 1 saturated heterocycles. The average molecular weight is 382 g/mol. The quantitative estimate of drug-likeness (QED) is 0.753. The number of fused-ring (bicyclic) bond motifs is 1. The highest BCUT2D eigenvalue weighted by molar-refractivity contribution is 7.13. The topological polar surface area (TPSA) is 84.4 Å². The molecule has 1 aliphatic heterocycles. The van der Waals surface area contributed by atoms with Gasteiger partial charge in [0.2, 0.25) is 5.91 Å². The minimum atomic E-state index is -0.362. The zero-order valence-electron chi connectivity index (χ0n) is 14.7. The normalized spacial score (nSPS) is 17.1. The third kappa shape index (κ3) is 3.67. The Morgan fingerprint density at radius 2 is 2.19 bits per heavy atom. The van der Waals surface area contributed by atoms with Crippen molar-refractivity contribution in [3.8, 4) is 0 Å². The van der Waals surface area contributed by atoms with Crippen LogP contribution in [-0.4, -0.2) is 46.4 Å². The molecule has 1 aromatic carbocycles. The number of nitrogens with zero attached hydrogens (tertiary/aromatic N) is 3. The van der Waals surface area contributed by atoms with Crippen molar-refractivity contribution in [2.75, 3.05) is 25.0 Å². The summed E-state index contributed by atoms with van der Waals surface area (Å²) in [6.07, 6.45) is 1.28. The van der Waals surface area contributed by atoms with E-state index >= 15 is 0 Å². The molecule has 1 atom stereocenters. The summed E-state index contributed by atoms with van der Waals surface area (Å²) in [5.74, 6) is -0.241.